The van der Waals surface area contributed by atoms with Gasteiger partial charge < -0.3 is 14.8 Å². The molecule has 5 heteroatoms. The van der Waals surface area contributed by atoms with Gasteiger partial charge in [-0.15, -0.1) is 0 Å². The van der Waals surface area contributed by atoms with E-state index in [-0.39, 0.29) is 11.5 Å². The van der Waals surface area contributed by atoms with Crippen LogP contribution in [0.4, 0.5) is 0 Å². The average molecular weight is 249 g/mol. The number of amides is 1. The molecule has 0 aliphatic carbocycles. The van der Waals surface area contributed by atoms with Gasteiger partial charge in [-0.05, 0) is 13.0 Å². The number of aromatic nitrogens is 1. The van der Waals surface area contributed by atoms with Gasteiger partial charge in [0.15, 0.2) is 0 Å². The number of nitrogens with one attached hydrogen (secondary N) is 1. The Bertz CT molecular complexity index is 469. The lowest BCUT2D eigenvalue weighted by Gasteiger charge is -2.32. The summed E-state index contributed by atoms with van der Waals surface area (Å²) in [6.07, 6.45) is 2.10. The zero-order valence-electron chi connectivity index (χ0n) is 10.6. The Hall–Kier alpha value is -1.62. The summed E-state index contributed by atoms with van der Waals surface area (Å²) in [5.74, 6) is 0.124. The molecule has 0 radical (unpaired) electrons. The van der Waals surface area contributed by atoms with Crippen molar-refractivity contribution in [2.75, 3.05) is 19.6 Å². The molecule has 0 saturated carbocycles. The number of nitrogens with zero attached hydrogens (tertiary/aromatic N) is 2. The van der Waals surface area contributed by atoms with Crippen molar-refractivity contribution in [3.8, 4) is 0 Å². The van der Waals surface area contributed by atoms with Gasteiger partial charge in [-0.1, -0.05) is 6.07 Å². The average Bonchev–Trinajstić information content (AvgIpc) is 2.37. The van der Waals surface area contributed by atoms with Crippen molar-refractivity contribution in [2.45, 2.75) is 25.9 Å². The molecule has 18 heavy (non-hydrogen) atoms. The van der Waals surface area contributed by atoms with Gasteiger partial charge in [-0.2, -0.15) is 0 Å². The van der Waals surface area contributed by atoms with Crippen LogP contribution in [0.3, 0.4) is 0 Å². The smallest absolute Gasteiger partial charge is 0.250 e. The number of piperazine rings is 1. The Morgan fingerprint density at radius 1 is 1.50 bits per heavy atom. The van der Waals surface area contributed by atoms with E-state index in [1.54, 1.807) is 22.9 Å². The van der Waals surface area contributed by atoms with Gasteiger partial charge in [0.1, 0.15) is 0 Å². The highest BCUT2D eigenvalue weighted by Crippen LogP contribution is 2.02. The SMILES string of the molecule is C[C@H]1CN(C(=O)CCn2ccccc2=O)CCN1. The van der Waals surface area contributed by atoms with E-state index in [2.05, 4.69) is 12.2 Å². The lowest BCUT2D eigenvalue weighted by Crippen LogP contribution is -2.51. The van der Waals surface area contributed by atoms with Crippen molar-refractivity contribution in [3.05, 3.63) is 34.7 Å². The predicted octanol–water partition coefficient (Wildman–Crippen LogP) is 0.0587. The van der Waals surface area contributed by atoms with E-state index in [1.165, 1.54) is 6.07 Å². The molecule has 0 aromatic carbocycles. The minimum Gasteiger partial charge on any atom is -0.340 e. The van der Waals surface area contributed by atoms with Crippen molar-refractivity contribution < 1.29 is 4.79 Å². The highest BCUT2D eigenvalue weighted by Gasteiger charge is 2.19. The fourth-order valence-corrected chi connectivity index (χ4v) is 2.18. The molecule has 98 valence electrons. The second-order valence-corrected chi connectivity index (χ2v) is 4.68. The Labute approximate surface area is 106 Å². The molecule has 0 spiro atoms. The van der Waals surface area contributed by atoms with Crippen molar-refractivity contribution in [2.24, 2.45) is 0 Å². The van der Waals surface area contributed by atoms with Crippen LogP contribution in [0.1, 0.15) is 13.3 Å². The molecule has 1 saturated heterocycles. The van der Waals surface area contributed by atoms with Crippen LogP contribution < -0.4 is 10.9 Å². The first-order valence-corrected chi connectivity index (χ1v) is 6.33. The van der Waals surface area contributed by atoms with Gasteiger partial charge in [0.2, 0.25) is 5.91 Å². The second-order valence-electron chi connectivity index (χ2n) is 4.68. The molecule has 2 rings (SSSR count). The normalized spacial score (nSPS) is 19.8. The summed E-state index contributed by atoms with van der Waals surface area (Å²) in [6, 6.07) is 5.37. The monoisotopic (exact) mass is 249 g/mol. The van der Waals surface area contributed by atoms with Crippen LogP contribution in [-0.4, -0.2) is 41.1 Å². The first-order chi connectivity index (χ1) is 8.66. The molecular weight excluding hydrogens is 230 g/mol. The summed E-state index contributed by atoms with van der Waals surface area (Å²) >= 11 is 0. The van der Waals surface area contributed by atoms with E-state index < -0.39 is 0 Å². The third-order valence-corrected chi connectivity index (χ3v) is 3.19. The number of rotatable bonds is 3. The Kier molecular flexibility index (Phi) is 4.15. The predicted molar refractivity (Wildman–Crippen MR) is 69.4 cm³/mol. The summed E-state index contributed by atoms with van der Waals surface area (Å²) in [5, 5.41) is 3.30. The molecule has 2 heterocycles. The second kappa shape index (κ2) is 5.82. The number of hydrogen-bond donors (Lipinski definition) is 1. The van der Waals surface area contributed by atoms with E-state index in [9.17, 15) is 9.59 Å². The maximum Gasteiger partial charge on any atom is 0.250 e. The molecule has 1 N–H and O–H groups in total. The Morgan fingerprint density at radius 2 is 2.33 bits per heavy atom. The number of aryl methyl sites for hydroxylation is 1. The summed E-state index contributed by atoms with van der Waals surface area (Å²) in [5.41, 5.74) is -0.0565. The van der Waals surface area contributed by atoms with Gasteiger partial charge >= 0.3 is 0 Å². The van der Waals surface area contributed by atoms with Crippen molar-refractivity contribution in [1.82, 2.24) is 14.8 Å². The molecule has 1 aromatic rings. The van der Waals surface area contributed by atoms with E-state index in [4.69, 9.17) is 0 Å². The summed E-state index contributed by atoms with van der Waals surface area (Å²) in [7, 11) is 0. The highest BCUT2D eigenvalue weighted by atomic mass is 16.2. The molecule has 0 bridgehead atoms. The molecule has 0 unspecified atom stereocenters. The third kappa shape index (κ3) is 3.20. The quantitative estimate of drug-likeness (QED) is 0.824. The van der Waals surface area contributed by atoms with Crippen LogP contribution in [0.2, 0.25) is 0 Å². The fraction of sp³-hybridized carbons (Fsp3) is 0.538. The van der Waals surface area contributed by atoms with Crippen molar-refractivity contribution in [1.29, 1.82) is 0 Å². The van der Waals surface area contributed by atoms with Gasteiger partial charge in [-0.25, -0.2) is 0 Å². The van der Waals surface area contributed by atoms with Crippen LogP contribution >= 0.6 is 0 Å². The van der Waals surface area contributed by atoms with E-state index >= 15 is 0 Å². The maximum atomic E-state index is 12.0. The van der Waals surface area contributed by atoms with Gasteiger partial charge in [0, 0.05) is 50.9 Å². The summed E-state index contributed by atoms with van der Waals surface area (Å²) < 4.78 is 1.57. The Morgan fingerprint density at radius 3 is 3.06 bits per heavy atom. The lowest BCUT2D eigenvalue weighted by molar-refractivity contribution is -0.132. The van der Waals surface area contributed by atoms with Crippen LogP contribution in [-0.2, 0) is 11.3 Å². The standard InChI is InChI=1S/C13H19N3O2/c1-11-10-16(9-6-14-11)13(18)5-8-15-7-3-2-4-12(15)17/h2-4,7,11,14H,5-6,8-10H2,1H3/t11-/m0/s1. The van der Waals surface area contributed by atoms with Gasteiger partial charge in [-0.3, -0.25) is 9.59 Å². The zero-order chi connectivity index (χ0) is 13.0. The summed E-state index contributed by atoms with van der Waals surface area (Å²) in [4.78, 5) is 25.4. The minimum atomic E-state index is -0.0565. The molecule has 1 fully saturated rings. The largest absolute Gasteiger partial charge is 0.340 e. The summed E-state index contributed by atoms with van der Waals surface area (Å²) in [6.45, 7) is 4.88. The molecule has 1 atom stereocenters. The van der Waals surface area contributed by atoms with Crippen molar-refractivity contribution >= 4 is 5.91 Å². The number of carbonyl (C=O) groups excluding carboxylic acids is 1. The van der Waals surface area contributed by atoms with E-state index in [0.717, 1.165) is 19.6 Å². The Balaban J connectivity index is 1.88. The molecule has 1 aliphatic rings. The van der Waals surface area contributed by atoms with E-state index in [0.29, 0.717) is 19.0 Å². The molecule has 1 amide bonds. The third-order valence-electron chi connectivity index (χ3n) is 3.19. The molecule has 5 nitrogen and oxygen atoms in total. The zero-order valence-corrected chi connectivity index (χ0v) is 10.6. The maximum absolute atomic E-state index is 12.0. The number of carbonyl (C=O) groups is 1. The topological polar surface area (TPSA) is 54.3 Å². The highest BCUT2D eigenvalue weighted by molar-refractivity contribution is 5.76. The first-order valence-electron chi connectivity index (χ1n) is 6.33. The van der Waals surface area contributed by atoms with Crippen LogP contribution in [0, 0.1) is 0 Å². The van der Waals surface area contributed by atoms with Gasteiger partial charge in [0.05, 0.1) is 0 Å². The lowest BCUT2D eigenvalue weighted by atomic mass is 10.2. The van der Waals surface area contributed by atoms with Crippen LogP contribution in [0.25, 0.3) is 0 Å². The number of pyridine rings is 1. The minimum absolute atomic E-state index is 0.0565. The van der Waals surface area contributed by atoms with Crippen LogP contribution in [0.5, 0.6) is 0 Å². The van der Waals surface area contributed by atoms with Crippen molar-refractivity contribution in [3.63, 3.8) is 0 Å². The van der Waals surface area contributed by atoms with Crippen LogP contribution in [0.15, 0.2) is 29.2 Å². The molecule has 1 aromatic heterocycles. The number of hydrogen-bond acceptors (Lipinski definition) is 3. The van der Waals surface area contributed by atoms with Gasteiger partial charge in [0.25, 0.3) is 5.56 Å². The van der Waals surface area contributed by atoms with E-state index in [1.807, 2.05) is 4.90 Å². The molecular formula is C13H19N3O2. The first kappa shape index (κ1) is 12.8. The fourth-order valence-electron chi connectivity index (χ4n) is 2.18. The molecule has 1 aliphatic heterocycles.